The van der Waals surface area contributed by atoms with Gasteiger partial charge in [-0.2, -0.15) is 0 Å². The highest BCUT2D eigenvalue weighted by molar-refractivity contribution is 6.03. The van der Waals surface area contributed by atoms with Crippen LogP contribution in [0.25, 0.3) is 0 Å². The first-order valence-electron chi connectivity index (χ1n) is 5.15. The Kier molecular flexibility index (Phi) is 4.62. The van der Waals surface area contributed by atoms with E-state index in [0.29, 0.717) is 5.75 Å². The summed E-state index contributed by atoms with van der Waals surface area (Å²) in [6, 6.07) is 6.47. The summed E-state index contributed by atoms with van der Waals surface area (Å²) in [7, 11) is 1.42. The van der Waals surface area contributed by atoms with Crippen LogP contribution in [0.3, 0.4) is 0 Å². The molecule has 0 heterocycles. The zero-order chi connectivity index (χ0) is 12.9. The number of rotatable bonds is 6. The fourth-order valence-corrected chi connectivity index (χ4v) is 1.48. The maximum atomic E-state index is 12.2. The highest BCUT2D eigenvalue weighted by atomic mass is 16.5. The lowest BCUT2D eigenvalue weighted by Crippen LogP contribution is -2.42. The summed E-state index contributed by atoms with van der Waals surface area (Å²) in [6.45, 7) is -1.88. The Bertz CT molecular complexity index is 376. The maximum Gasteiger partial charge on any atom is 0.179 e. The van der Waals surface area contributed by atoms with Gasteiger partial charge in [0.1, 0.15) is 11.2 Å². The lowest BCUT2D eigenvalue weighted by molar-refractivity contribution is 0.0125. The van der Waals surface area contributed by atoms with E-state index in [9.17, 15) is 20.1 Å². The van der Waals surface area contributed by atoms with E-state index in [4.69, 9.17) is 4.74 Å². The Morgan fingerprint density at radius 1 is 1.18 bits per heavy atom. The van der Waals surface area contributed by atoms with Crippen LogP contribution in [0, 0.1) is 5.41 Å². The number of hydrogen-bond acceptors (Lipinski definition) is 5. The first-order valence-corrected chi connectivity index (χ1v) is 5.15. The molecule has 0 aliphatic heterocycles. The third-order valence-corrected chi connectivity index (χ3v) is 2.74. The van der Waals surface area contributed by atoms with Gasteiger partial charge >= 0.3 is 0 Å². The van der Waals surface area contributed by atoms with Crippen LogP contribution < -0.4 is 4.74 Å². The van der Waals surface area contributed by atoms with Gasteiger partial charge < -0.3 is 20.1 Å². The summed E-state index contributed by atoms with van der Waals surface area (Å²) in [5.74, 6) is -0.195. The molecule has 5 nitrogen and oxygen atoms in total. The molecule has 1 rings (SSSR count). The van der Waals surface area contributed by atoms with Gasteiger partial charge in [0.25, 0.3) is 0 Å². The first-order chi connectivity index (χ1) is 8.15. The second-order valence-electron chi connectivity index (χ2n) is 3.78. The quantitative estimate of drug-likeness (QED) is 0.601. The molecule has 94 valence electrons. The zero-order valence-electron chi connectivity index (χ0n) is 9.59. The normalized spacial score (nSPS) is 11.3. The number of carbonyl (C=O) groups excluding carboxylic acids is 1. The molecule has 0 atom stereocenters. The minimum Gasteiger partial charge on any atom is -0.496 e. The van der Waals surface area contributed by atoms with Crippen molar-refractivity contribution >= 4 is 5.78 Å². The number of ether oxygens (including phenoxy) is 1. The van der Waals surface area contributed by atoms with Crippen LogP contribution in [-0.4, -0.2) is 48.0 Å². The van der Waals surface area contributed by atoms with Crippen LogP contribution in [0.4, 0.5) is 0 Å². The number of benzene rings is 1. The standard InChI is InChI=1S/C12H16O5/c1-17-10-5-3-2-4-9(10)11(16)12(6-13,7-14)8-15/h2-5,13-15H,6-8H2,1H3. The monoisotopic (exact) mass is 240 g/mol. The number of aliphatic hydroxyl groups excluding tert-OH is 3. The SMILES string of the molecule is COc1ccccc1C(=O)C(CO)(CO)CO. The molecule has 0 aliphatic rings. The molecular formula is C12H16O5. The van der Waals surface area contributed by atoms with E-state index in [1.807, 2.05) is 0 Å². The van der Waals surface area contributed by atoms with Crippen molar-refractivity contribution < 1.29 is 24.9 Å². The molecule has 0 amide bonds. The fourth-order valence-electron chi connectivity index (χ4n) is 1.48. The Balaban J connectivity index is 3.18. The summed E-state index contributed by atoms with van der Waals surface area (Å²) >= 11 is 0. The third kappa shape index (κ3) is 2.46. The molecule has 5 heteroatoms. The van der Waals surface area contributed by atoms with E-state index in [-0.39, 0.29) is 5.56 Å². The minimum atomic E-state index is -1.57. The minimum absolute atomic E-state index is 0.229. The lowest BCUT2D eigenvalue weighted by atomic mass is 9.82. The molecule has 1 aromatic rings. The van der Waals surface area contributed by atoms with Crippen molar-refractivity contribution in [2.24, 2.45) is 5.41 Å². The van der Waals surface area contributed by atoms with Crippen molar-refractivity contribution in [3.05, 3.63) is 29.8 Å². The summed E-state index contributed by atoms with van der Waals surface area (Å²) in [5.41, 5.74) is -1.35. The Labute approximate surface area is 99.3 Å². The molecule has 1 aromatic carbocycles. The van der Waals surface area contributed by atoms with Crippen molar-refractivity contribution in [1.82, 2.24) is 0 Å². The highest BCUT2D eigenvalue weighted by Gasteiger charge is 2.38. The summed E-state index contributed by atoms with van der Waals surface area (Å²) in [4.78, 5) is 12.2. The van der Waals surface area contributed by atoms with Gasteiger partial charge in [-0.1, -0.05) is 12.1 Å². The molecule has 0 unspecified atom stereocenters. The van der Waals surface area contributed by atoms with Gasteiger partial charge in [0.05, 0.1) is 32.5 Å². The average molecular weight is 240 g/mol. The van der Waals surface area contributed by atoms with Gasteiger partial charge in [0.15, 0.2) is 5.78 Å². The fraction of sp³-hybridized carbons (Fsp3) is 0.417. The third-order valence-electron chi connectivity index (χ3n) is 2.74. The molecule has 0 aliphatic carbocycles. The zero-order valence-corrected chi connectivity index (χ0v) is 9.59. The Morgan fingerprint density at radius 2 is 1.71 bits per heavy atom. The van der Waals surface area contributed by atoms with E-state index in [1.165, 1.54) is 13.2 Å². The number of hydrogen-bond donors (Lipinski definition) is 3. The average Bonchev–Trinajstić information content (AvgIpc) is 2.41. The molecule has 17 heavy (non-hydrogen) atoms. The molecule has 0 spiro atoms. The van der Waals surface area contributed by atoms with Crippen molar-refractivity contribution in [2.75, 3.05) is 26.9 Å². The Hall–Kier alpha value is -1.43. The van der Waals surface area contributed by atoms with E-state index in [0.717, 1.165) is 0 Å². The molecule has 0 saturated heterocycles. The predicted molar refractivity (Wildman–Crippen MR) is 61.0 cm³/mol. The van der Waals surface area contributed by atoms with Gasteiger partial charge in [-0.25, -0.2) is 0 Å². The van der Waals surface area contributed by atoms with Gasteiger partial charge in [-0.15, -0.1) is 0 Å². The number of Topliss-reactive ketones (excluding diaryl/α,β-unsaturated/α-hetero) is 1. The first kappa shape index (κ1) is 13.6. The van der Waals surface area contributed by atoms with Crippen LogP contribution in [0.1, 0.15) is 10.4 Å². The van der Waals surface area contributed by atoms with Gasteiger partial charge in [0, 0.05) is 0 Å². The van der Waals surface area contributed by atoms with E-state index in [2.05, 4.69) is 0 Å². The van der Waals surface area contributed by atoms with E-state index < -0.39 is 31.0 Å². The van der Waals surface area contributed by atoms with Crippen molar-refractivity contribution in [3.63, 3.8) is 0 Å². The summed E-state index contributed by atoms with van der Waals surface area (Å²) < 4.78 is 5.03. The number of methoxy groups -OCH3 is 1. The predicted octanol–water partition coefficient (Wildman–Crippen LogP) is -0.159. The molecule has 0 radical (unpaired) electrons. The van der Waals surface area contributed by atoms with E-state index in [1.54, 1.807) is 18.2 Å². The maximum absolute atomic E-state index is 12.2. The highest BCUT2D eigenvalue weighted by Crippen LogP contribution is 2.27. The van der Waals surface area contributed by atoms with Crippen LogP contribution in [0.5, 0.6) is 5.75 Å². The second kappa shape index (κ2) is 5.77. The smallest absolute Gasteiger partial charge is 0.179 e. The second-order valence-corrected chi connectivity index (χ2v) is 3.78. The van der Waals surface area contributed by atoms with Gasteiger partial charge in [0.2, 0.25) is 0 Å². The summed E-state index contributed by atoms with van der Waals surface area (Å²) in [6.07, 6.45) is 0. The largest absolute Gasteiger partial charge is 0.496 e. The topological polar surface area (TPSA) is 87.0 Å². The number of aliphatic hydroxyl groups is 3. The van der Waals surface area contributed by atoms with Crippen molar-refractivity contribution in [1.29, 1.82) is 0 Å². The molecule has 0 bridgehead atoms. The molecule has 0 aromatic heterocycles. The van der Waals surface area contributed by atoms with Crippen molar-refractivity contribution in [3.8, 4) is 5.75 Å². The summed E-state index contributed by atoms with van der Waals surface area (Å²) in [5, 5.41) is 27.6. The van der Waals surface area contributed by atoms with Crippen LogP contribution in [-0.2, 0) is 0 Å². The van der Waals surface area contributed by atoms with Gasteiger partial charge in [-0.05, 0) is 12.1 Å². The molecule has 3 N–H and O–H groups in total. The molecular weight excluding hydrogens is 224 g/mol. The van der Waals surface area contributed by atoms with Gasteiger partial charge in [-0.3, -0.25) is 4.79 Å². The Morgan fingerprint density at radius 3 is 2.18 bits per heavy atom. The molecule has 0 saturated carbocycles. The van der Waals surface area contributed by atoms with Crippen molar-refractivity contribution in [2.45, 2.75) is 0 Å². The number of carbonyl (C=O) groups is 1. The van der Waals surface area contributed by atoms with Crippen LogP contribution in [0.2, 0.25) is 0 Å². The van der Waals surface area contributed by atoms with Crippen LogP contribution >= 0.6 is 0 Å². The lowest BCUT2D eigenvalue weighted by Gasteiger charge is -2.26. The van der Waals surface area contributed by atoms with Crippen LogP contribution in [0.15, 0.2) is 24.3 Å². The molecule has 0 fully saturated rings. The number of para-hydroxylation sites is 1. The number of ketones is 1. The van der Waals surface area contributed by atoms with E-state index >= 15 is 0 Å².